The van der Waals surface area contributed by atoms with Gasteiger partial charge in [0.2, 0.25) is 0 Å². The quantitative estimate of drug-likeness (QED) is 0.438. The molecule has 1 aliphatic rings. The van der Waals surface area contributed by atoms with Gasteiger partial charge in [0.1, 0.15) is 21.2 Å². The molecule has 0 aliphatic heterocycles. The number of carboxylic acids is 1. The van der Waals surface area contributed by atoms with Gasteiger partial charge in [0.15, 0.2) is 0 Å². The highest BCUT2D eigenvalue weighted by molar-refractivity contribution is 7.17. The third-order valence-electron chi connectivity index (χ3n) is 5.53. The predicted molar refractivity (Wildman–Crippen MR) is 120 cm³/mol. The van der Waals surface area contributed by atoms with Crippen molar-refractivity contribution < 1.29 is 9.90 Å². The number of rotatable bonds is 4. The highest BCUT2D eigenvalue weighted by Crippen LogP contribution is 2.36. The predicted octanol–water partition coefficient (Wildman–Crippen LogP) is 6.09. The van der Waals surface area contributed by atoms with E-state index in [9.17, 15) is 9.90 Å². The second-order valence-corrected chi connectivity index (χ2v) is 8.53. The maximum Gasteiger partial charge on any atom is 0.348 e. The van der Waals surface area contributed by atoms with Gasteiger partial charge in [0.05, 0.1) is 11.4 Å². The average Bonchev–Trinajstić information content (AvgIpc) is 3.35. The Kier molecular flexibility index (Phi) is 4.71. The van der Waals surface area contributed by atoms with Crippen LogP contribution in [-0.4, -0.2) is 25.4 Å². The summed E-state index contributed by atoms with van der Waals surface area (Å²) < 4.78 is 2.05. The van der Waals surface area contributed by atoms with E-state index in [2.05, 4.69) is 22.7 Å². The molecule has 0 radical (unpaired) electrons. The van der Waals surface area contributed by atoms with E-state index in [1.807, 2.05) is 43.3 Å². The number of allylic oxidation sites excluding steroid dienone is 2. The first-order valence-corrected chi connectivity index (χ1v) is 10.9. The van der Waals surface area contributed by atoms with Crippen molar-refractivity contribution in [2.45, 2.75) is 32.6 Å². The van der Waals surface area contributed by atoms with E-state index in [0.29, 0.717) is 10.7 Å². The van der Waals surface area contributed by atoms with Gasteiger partial charge in [-0.25, -0.2) is 14.8 Å². The molecule has 1 aromatic carbocycles. The van der Waals surface area contributed by atoms with Crippen molar-refractivity contribution in [3.63, 3.8) is 0 Å². The molecule has 0 atom stereocenters. The van der Waals surface area contributed by atoms with Crippen molar-refractivity contribution in [2.24, 2.45) is 0 Å². The van der Waals surface area contributed by atoms with E-state index in [1.54, 1.807) is 0 Å². The van der Waals surface area contributed by atoms with E-state index in [1.165, 1.54) is 35.3 Å². The van der Waals surface area contributed by atoms with Gasteiger partial charge in [0.25, 0.3) is 0 Å². The fourth-order valence-electron chi connectivity index (χ4n) is 4.07. The molecule has 0 spiro atoms. The summed E-state index contributed by atoms with van der Waals surface area (Å²) in [5.74, 6) is -0.961. The molecule has 150 valence electrons. The molecule has 5 rings (SSSR count). The van der Waals surface area contributed by atoms with Crippen LogP contribution in [0.5, 0.6) is 0 Å². The first-order valence-electron chi connectivity index (χ1n) is 10.1. The van der Waals surface area contributed by atoms with Gasteiger partial charge < -0.3 is 5.11 Å². The van der Waals surface area contributed by atoms with Crippen molar-refractivity contribution in [3.05, 3.63) is 70.9 Å². The molecule has 5 nitrogen and oxygen atoms in total. The molecule has 0 unspecified atom stereocenters. The zero-order chi connectivity index (χ0) is 20.7. The summed E-state index contributed by atoms with van der Waals surface area (Å²) in [5, 5.41) is 10.4. The summed E-state index contributed by atoms with van der Waals surface area (Å²) in [6.45, 7) is 1.95. The SMILES string of the molecule is Cc1nc2ccc(C3=CCCCC3)cn2c1-c1nc(-c2ccccc2)c(C(=O)O)s1. The fraction of sp³-hybridized carbons (Fsp3) is 0.208. The van der Waals surface area contributed by atoms with Crippen LogP contribution >= 0.6 is 11.3 Å². The van der Waals surface area contributed by atoms with Crippen molar-refractivity contribution in [1.82, 2.24) is 14.4 Å². The number of hydrogen-bond donors (Lipinski definition) is 1. The number of aromatic nitrogens is 3. The van der Waals surface area contributed by atoms with Crippen LogP contribution in [0.1, 0.15) is 46.6 Å². The van der Waals surface area contributed by atoms with Crippen LogP contribution in [0.3, 0.4) is 0 Å². The Bertz CT molecular complexity index is 1280. The van der Waals surface area contributed by atoms with Crippen LogP contribution in [0.15, 0.2) is 54.7 Å². The van der Waals surface area contributed by atoms with Crippen molar-refractivity contribution in [3.8, 4) is 22.0 Å². The van der Waals surface area contributed by atoms with Crippen molar-refractivity contribution in [1.29, 1.82) is 0 Å². The van der Waals surface area contributed by atoms with Crippen molar-refractivity contribution in [2.75, 3.05) is 0 Å². The molecule has 3 heterocycles. The minimum atomic E-state index is -0.961. The Morgan fingerprint density at radius 1 is 1.07 bits per heavy atom. The van der Waals surface area contributed by atoms with Crippen LogP contribution in [0.25, 0.3) is 33.2 Å². The Morgan fingerprint density at radius 2 is 1.90 bits per heavy atom. The third-order valence-corrected chi connectivity index (χ3v) is 6.58. The number of imidazole rings is 1. The Labute approximate surface area is 178 Å². The van der Waals surface area contributed by atoms with Gasteiger partial charge in [-0.05, 0) is 55.9 Å². The molecule has 0 saturated carbocycles. The lowest BCUT2D eigenvalue weighted by molar-refractivity contribution is 0.0702. The maximum atomic E-state index is 11.9. The number of aromatic carboxylic acids is 1. The van der Waals surface area contributed by atoms with Gasteiger partial charge in [-0.3, -0.25) is 4.40 Å². The number of hydrogen-bond acceptors (Lipinski definition) is 4. The molecule has 1 aliphatic carbocycles. The summed E-state index contributed by atoms with van der Waals surface area (Å²) in [5.41, 5.74) is 6.42. The smallest absolute Gasteiger partial charge is 0.348 e. The number of pyridine rings is 1. The minimum absolute atomic E-state index is 0.247. The molecule has 30 heavy (non-hydrogen) atoms. The Hall–Kier alpha value is -3.25. The molecule has 0 amide bonds. The summed E-state index contributed by atoms with van der Waals surface area (Å²) in [7, 11) is 0. The lowest BCUT2D eigenvalue weighted by Gasteiger charge is -2.13. The van der Waals surface area contributed by atoms with E-state index in [4.69, 9.17) is 9.97 Å². The fourth-order valence-corrected chi connectivity index (χ4v) is 5.09. The molecular weight excluding hydrogens is 394 g/mol. The molecular formula is C24H21N3O2S. The molecule has 1 N–H and O–H groups in total. The largest absolute Gasteiger partial charge is 0.477 e. The molecule has 0 bridgehead atoms. The number of carbonyl (C=O) groups is 1. The second kappa shape index (κ2) is 7.54. The monoisotopic (exact) mass is 415 g/mol. The number of nitrogens with zero attached hydrogens (tertiary/aromatic N) is 3. The third kappa shape index (κ3) is 3.23. The highest BCUT2D eigenvalue weighted by Gasteiger charge is 2.23. The number of benzene rings is 1. The summed E-state index contributed by atoms with van der Waals surface area (Å²) in [6.07, 6.45) is 9.12. The molecule has 0 fully saturated rings. The number of aryl methyl sites for hydroxylation is 1. The van der Waals surface area contributed by atoms with Gasteiger partial charge in [-0.1, -0.05) is 36.4 Å². The van der Waals surface area contributed by atoms with Crippen LogP contribution in [0, 0.1) is 6.92 Å². The van der Waals surface area contributed by atoms with Gasteiger partial charge in [-0.15, -0.1) is 11.3 Å². The topological polar surface area (TPSA) is 67.5 Å². The van der Waals surface area contributed by atoms with E-state index < -0.39 is 5.97 Å². The molecule has 0 saturated heterocycles. The van der Waals surface area contributed by atoms with Gasteiger partial charge in [0, 0.05) is 11.8 Å². The second-order valence-electron chi connectivity index (χ2n) is 7.53. The highest BCUT2D eigenvalue weighted by atomic mass is 32.1. The van der Waals surface area contributed by atoms with E-state index >= 15 is 0 Å². The molecule has 4 aromatic rings. The number of fused-ring (bicyclic) bond motifs is 1. The standard InChI is InChI=1S/C24H21N3O2S/c1-15-21(23-26-20(22(30-23)24(28)29)17-10-6-3-7-11-17)27-14-18(12-13-19(27)25-15)16-8-4-2-5-9-16/h3,6-8,10-14H,2,4-5,9H2,1H3,(H,28,29). The minimum Gasteiger partial charge on any atom is -0.477 e. The maximum absolute atomic E-state index is 11.9. The van der Waals surface area contributed by atoms with Crippen molar-refractivity contribution >= 4 is 28.5 Å². The molecule has 3 aromatic heterocycles. The summed E-state index contributed by atoms with van der Waals surface area (Å²) in [4.78, 5) is 21.6. The number of thiazole rings is 1. The van der Waals surface area contributed by atoms with E-state index in [-0.39, 0.29) is 4.88 Å². The Balaban J connectivity index is 1.68. The van der Waals surface area contributed by atoms with Gasteiger partial charge >= 0.3 is 5.97 Å². The van der Waals surface area contributed by atoms with E-state index in [0.717, 1.165) is 35.4 Å². The van der Waals surface area contributed by atoms with Crippen LogP contribution in [0.4, 0.5) is 0 Å². The van der Waals surface area contributed by atoms with Crippen LogP contribution < -0.4 is 0 Å². The summed E-state index contributed by atoms with van der Waals surface area (Å²) >= 11 is 1.20. The van der Waals surface area contributed by atoms with Crippen LogP contribution in [-0.2, 0) is 0 Å². The molecule has 6 heteroatoms. The Morgan fingerprint density at radius 3 is 2.63 bits per heavy atom. The number of carboxylic acid groups (broad SMARTS) is 1. The first kappa shape index (κ1) is 18.8. The lowest BCUT2D eigenvalue weighted by atomic mass is 9.95. The van der Waals surface area contributed by atoms with Crippen LogP contribution in [0.2, 0.25) is 0 Å². The lowest BCUT2D eigenvalue weighted by Crippen LogP contribution is -1.96. The summed E-state index contributed by atoms with van der Waals surface area (Å²) in [6, 6.07) is 13.6. The average molecular weight is 416 g/mol. The zero-order valence-corrected chi connectivity index (χ0v) is 17.4. The van der Waals surface area contributed by atoms with Gasteiger partial charge in [-0.2, -0.15) is 0 Å². The zero-order valence-electron chi connectivity index (χ0n) is 16.6. The normalized spacial score (nSPS) is 14.1. The first-order chi connectivity index (χ1) is 14.6.